The van der Waals surface area contributed by atoms with E-state index in [9.17, 15) is 4.79 Å². The van der Waals surface area contributed by atoms with E-state index in [0.29, 0.717) is 19.6 Å². The predicted molar refractivity (Wildman–Crippen MR) is 48.7 cm³/mol. The maximum absolute atomic E-state index is 9.89. The molecule has 0 heterocycles. The molecule has 0 fully saturated rings. The number of aliphatic carboxylic acids is 1. The standard InChI is InChI=1S/C5H12N2O2.2ClH/c6-2-4-7-3-1-5(8)9;;/h7H,1-4,6H2,(H,8,9);2*1H. The number of halogens is 2. The maximum Gasteiger partial charge on any atom is 0.304 e. The second-order valence-electron chi connectivity index (χ2n) is 1.68. The van der Waals surface area contributed by atoms with Gasteiger partial charge < -0.3 is 16.2 Å². The number of hydrogen-bond donors (Lipinski definition) is 3. The molecule has 0 atom stereocenters. The number of nitrogens with one attached hydrogen (secondary N) is 1. The fraction of sp³-hybridized carbons (Fsp3) is 0.800. The summed E-state index contributed by atoms with van der Waals surface area (Å²) in [6, 6.07) is 0. The molecule has 0 unspecified atom stereocenters. The van der Waals surface area contributed by atoms with Crippen LogP contribution in [-0.4, -0.2) is 30.7 Å². The summed E-state index contributed by atoms with van der Waals surface area (Å²) in [6.07, 6.45) is 0.167. The Morgan fingerprint density at radius 2 is 1.91 bits per heavy atom. The van der Waals surface area contributed by atoms with Gasteiger partial charge in [0.25, 0.3) is 0 Å². The molecule has 0 radical (unpaired) electrons. The molecule has 0 bridgehead atoms. The van der Waals surface area contributed by atoms with Crippen LogP contribution in [0.1, 0.15) is 6.42 Å². The first-order chi connectivity index (χ1) is 4.27. The van der Waals surface area contributed by atoms with Crippen molar-refractivity contribution in [2.75, 3.05) is 19.6 Å². The molecule has 0 rings (SSSR count). The van der Waals surface area contributed by atoms with Gasteiger partial charge in [0, 0.05) is 19.6 Å². The number of rotatable bonds is 5. The summed E-state index contributed by atoms with van der Waals surface area (Å²) in [5.74, 6) is -0.778. The van der Waals surface area contributed by atoms with Crippen LogP contribution in [0.15, 0.2) is 0 Å². The van der Waals surface area contributed by atoms with E-state index in [2.05, 4.69) is 5.32 Å². The van der Waals surface area contributed by atoms with E-state index < -0.39 is 5.97 Å². The molecule has 0 aromatic carbocycles. The molecule has 0 aromatic heterocycles. The Balaban J connectivity index is -0.000000320. The normalized spacial score (nSPS) is 7.73. The Morgan fingerprint density at radius 1 is 1.36 bits per heavy atom. The first-order valence-corrected chi connectivity index (χ1v) is 2.90. The van der Waals surface area contributed by atoms with Gasteiger partial charge in [-0.15, -0.1) is 24.8 Å². The Morgan fingerprint density at radius 3 is 2.27 bits per heavy atom. The molecule has 0 aliphatic rings. The number of hydrogen-bond acceptors (Lipinski definition) is 3. The van der Waals surface area contributed by atoms with Gasteiger partial charge in [-0.3, -0.25) is 4.79 Å². The molecule has 6 heteroatoms. The van der Waals surface area contributed by atoms with E-state index in [4.69, 9.17) is 10.8 Å². The zero-order valence-electron chi connectivity index (χ0n) is 6.08. The Labute approximate surface area is 78.4 Å². The largest absolute Gasteiger partial charge is 0.481 e. The Hall–Kier alpha value is -0.0300. The van der Waals surface area contributed by atoms with Crippen LogP contribution in [0.5, 0.6) is 0 Å². The van der Waals surface area contributed by atoms with Gasteiger partial charge in [0.15, 0.2) is 0 Å². The highest BCUT2D eigenvalue weighted by Gasteiger charge is 1.92. The van der Waals surface area contributed by atoms with Crippen molar-refractivity contribution >= 4 is 30.8 Å². The van der Waals surface area contributed by atoms with Crippen LogP contribution >= 0.6 is 24.8 Å². The second kappa shape index (κ2) is 12.6. The Bertz CT molecular complexity index is 92.6. The van der Waals surface area contributed by atoms with Crippen molar-refractivity contribution in [1.82, 2.24) is 5.32 Å². The van der Waals surface area contributed by atoms with Crippen molar-refractivity contribution in [3.8, 4) is 0 Å². The van der Waals surface area contributed by atoms with Gasteiger partial charge in [-0.05, 0) is 0 Å². The number of carboxylic acid groups (broad SMARTS) is 1. The predicted octanol–water partition coefficient (Wildman–Crippen LogP) is -0.147. The average molecular weight is 205 g/mol. The van der Waals surface area contributed by atoms with Gasteiger partial charge in [0.2, 0.25) is 0 Å². The lowest BCUT2D eigenvalue weighted by Crippen LogP contribution is -2.24. The minimum Gasteiger partial charge on any atom is -0.481 e. The number of nitrogens with two attached hydrogens (primary N) is 1. The summed E-state index contributed by atoms with van der Waals surface area (Å²) in [7, 11) is 0. The fourth-order valence-corrected chi connectivity index (χ4v) is 0.422. The molecular formula is C5H14Cl2N2O2. The average Bonchev–Trinajstić information content (AvgIpc) is 1.80. The number of carbonyl (C=O) groups is 1. The minimum atomic E-state index is -0.778. The zero-order chi connectivity index (χ0) is 7.11. The van der Waals surface area contributed by atoms with Crippen molar-refractivity contribution < 1.29 is 9.90 Å². The SMILES string of the molecule is Cl.Cl.NCCNCCC(=O)O. The van der Waals surface area contributed by atoms with Crippen LogP contribution < -0.4 is 11.1 Å². The summed E-state index contributed by atoms with van der Waals surface area (Å²) in [6.45, 7) is 1.75. The van der Waals surface area contributed by atoms with Crippen LogP contribution in [0, 0.1) is 0 Å². The molecule has 0 saturated carbocycles. The minimum absolute atomic E-state index is 0. The lowest BCUT2D eigenvalue weighted by molar-refractivity contribution is -0.136. The summed E-state index contributed by atoms with van der Waals surface area (Å²) < 4.78 is 0. The topological polar surface area (TPSA) is 75.3 Å². The van der Waals surface area contributed by atoms with Crippen LogP contribution in [0.3, 0.4) is 0 Å². The van der Waals surface area contributed by atoms with Crippen molar-refractivity contribution in [2.24, 2.45) is 5.73 Å². The molecule has 0 spiro atoms. The molecule has 0 aromatic rings. The fourth-order valence-electron chi connectivity index (χ4n) is 0.422. The summed E-state index contributed by atoms with van der Waals surface area (Å²) in [5, 5.41) is 11.0. The zero-order valence-corrected chi connectivity index (χ0v) is 7.71. The van der Waals surface area contributed by atoms with Gasteiger partial charge in [-0.2, -0.15) is 0 Å². The van der Waals surface area contributed by atoms with Gasteiger partial charge >= 0.3 is 5.97 Å². The molecule has 70 valence electrons. The van der Waals surface area contributed by atoms with Crippen LogP contribution in [-0.2, 0) is 4.79 Å². The van der Waals surface area contributed by atoms with E-state index in [1.807, 2.05) is 0 Å². The number of carboxylic acids is 1. The molecule has 11 heavy (non-hydrogen) atoms. The Kier molecular flexibility index (Phi) is 19.7. The highest BCUT2D eigenvalue weighted by Crippen LogP contribution is 1.72. The van der Waals surface area contributed by atoms with Crippen LogP contribution in [0.25, 0.3) is 0 Å². The van der Waals surface area contributed by atoms with E-state index >= 15 is 0 Å². The van der Waals surface area contributed by atoms with Crippen LogP contribution in [0.4, 0.5) is 0 Å². The highest BCUT2D eigenvalue weighted by molar-refractivity contribution is 5.85. The molecule has 0 aliphatic heterocycles. The third-order valence-corrected chi connectivity index (χ3v) is 0.837. The molecule has 0 amide bonds. The molecular weight excluding hydrogens is 191 g/mol. The van der Waals surface area contributed by atoms with Crippen molar-refractivity contribution in [3.05, 3.63) is 0 Å². The van der Waals surface area contributed by atoms with Crippen molar-refractivity contribution in [2.45, 2.75) is 6.42 Å². The van der Waals surface area contributed by atoms with E-state index in [0.717, 1.165) is 0 Å². The van der Waals surface area contributed by atoms with Gasteiger partial charge in [0.1, 0.15) is 0 Å². The van der Waals surface area contributed by atoms with E-state index in [1.54, 1.807) is 0 Å². The maximum atomic E-state index is 9.89. The third kappa shape index (κ3) is 17.8. The molecule has 0 saturated heterocycles. The lowest BCUT2D eigenvalue weighted by Gasteiger charge is -1.97. The molecule has 4 N–H and O–H groups in total. The summed E-state index contributed by atoms with van der Waals surface area (Å²) in [4.78, 5) is 9.89. The van der Waals surface area contributed by atoms with Crippen molar-refractivity contribution in [1.29, 1.82) is 0 Å². The molecule has 4 nitrogen and oxygen atoms in total. The first kappa shape index (κ1) is 17.2. The lowest BCUT2D eigenvalue weighted by atomic mass is 10.4. The monoisotopic (exact) mass is 204 g/mol. The summed E-state index contributed by atoms with van der Waals surface area (Å²) in [5.41, 5.74) is 5.14. The second-order valence-corrected chi connectivity index (χ2v) is 1.68. The van der Waals surface area contributed by atoms with Gasteiger partial charge in [-0.25, -0.2) is 0 Å². The molecule has 0 aliphatic carbocycles. The first-order valence-electron chi connectivity index (χ1n) is 2.90. The third-order valence-electron chi connectivity index (χ3n) is 0.837. The quantitative estimate of drug-likeness (QED) is 0.545. The highest BCUT2D eigenvalue weighted by atomic mass is 35.5. The van der Waals surface area contributed by atoms with Gasteiger partial charge in [-0.1, -0.05) is 0 Å². The smallest absolute Gasteiger partial charge is 0.304 e. The van der Waals surface area contributed by atoms with E-state index in [-0.39, 0.29) is 31.2 Å². The van der Waals surface area contributed by atoms with E-state index in [1.165, 1.54) is 0 Å². The van der Waals surface area contributed by atoms with Gasteiger partial charge in [0.05, 0.1) is 6.42 Å². The van der Waals surface area contributed by atoms with Crippen LogP contribution in [0.2, 0.25) is 0 Å². The van der Waals surface area contributed by atoms with Crippen molar-refractivity contribution in [3.63, 3.8) is 0 Å². The summed E-state index contributed by atoms with van der Waals surface area (Å²) >= 11 is 0.